The maximum absolute atomic E-state index is 4.38. The highest BCUT2D eigenvalue weighted by Gasteiger charge is 2.09. The van der Waals surface area contributed by atoms with Gasteiger partial charge in [-0.25, -0.2) is 0 Å². The van der Waals surface area contributed by atoms with E-state index in [1.54, 1.807) is 0 Å². The summed E-state index contributed by atoms with van der Waals surface area (Å²) in [5, 5.41) is 0. The molecular weight excluding hydrogens is 218 g/mol. The van der Waals surface area contributed by atoms with Crippen molar-refractivity contribution in [1.82, 2.24) is 4.98 Å². The lowest BCUT2D eigenvalue weighted by atomic mass is 10.1. The van der Waals surface area contributed by atoms with Gasteiger partial charge in [-0.2, -0.15) is 0 Å². The van der Waals surface area contributed by atoms with Crippen LogP contribution in [0.25, 0.3) is 5.57 Å². The SMILES string of the molecule is C1=C(Cc2ccccn2)CC=C1c1ccccc1. The van der Waals surface area contributed by atoms with Crippen LogP contribution in [0.4, 0.5) is 0 Å². The summed E-state index contributed by atoms with van der Waals surface area (Å²) in [4.78, 5) is 4.38. The standard InChI is InChI=1S/C17H15N/c1-2-6-15(7-3-1)16-10-9-14(12-16)13-17-8-4-5-11-18-17/h1-8,10-12H,9,13H2. The van der Waals surface area contributed by atoms with Crippen LogP contribution in [0.2, 0.25) is 0 Å². The van der Waals surface area contributed by atoms with Gasteiger partial charge in [0.15, 0.2) is 0 Å². The van der Waals surface area contributed by atoms with E-state index in [1.165, 1.54) is 16.7 Å². The lowest BCUT2D eigenvalue weighted by Gasteiger charge is -2.00. The molecule has 2 aromatic rings. The van der Waals surface area contributed by atoms with Crippen molar-refractivity contribution in [2.75, 3.05) is 0 Å². The Morgan fingerprint density at radius 1 is 0.944 bits per heavy atom. The van der Waals surface area contributed by atoms with Gasteiger partial charge in [-0.3, -0.25) is 4.98 Å². The number of nitrogens with zero attached hydrogens (tertiary/aromatic N) is 1. The second-order valence-electron chi connectivity index (χ2n) is 4.53. The third kappa shape index (κ3) is 2.40. The monoisotopic (exact) mass is 233 g/mol. The molecule has 0 N–H and O–H groups in total. The molecule has 1 aromatic carbocycles. The van der Waals surface area contributed by atoms with Crippen LogP contribution in [-0.2, 0) is 6.42 Å². The molecular formula is C17H15N. The van der Waals surface area contributed by atoms with E-state index in [0.29, 0.717) is 0 Å². The molecule has 1 heteroatoms. The van der Waals surface area contributed by atoms with E-state index >= 15 is 0 Å². The first-order valence-corrected chi connectivity index (χ1v) is 6.27. The zero-order chi connectivity index (χ0) is 12.2. The Morgan fingerprint density at radius 2 is 1.78 bits per heavy atom. The summed E-state index contributed by atoms with van der Waals surface area (Å²) < 4.78 is 0. The second-order valence-corrected chi connectivity index (χ2v) is 4.53. The van der Waals surface area contributed by atoms with Gasteiger partial charge in [0.25, 0.3) is 0 Å². The first-order chi connectivity index (χ1) is 8.92. The normalized spacial score (nSPS) is 14.2. The van der Waals surface area contributed by atoms with E-state index < -0.39 is 0 Å². The lowest BCUT2D eigenvalue weighted by Crippen LogP contribution is -1.90. The molecule has 1 aliphatic carbocycles. The van der Waals surface area contributed by atoms with Crippen LogP contribution in [0.1, 0.15) is 17.7 Å². The minimum absolute atomic E-state index is 0.952. The highest BCUT2D eigenvalue weighted by Crippen LogP contribution is 2.27. The summed E-state index contributed by atoms with van der Waals surface area (Å²) in [7, 11) is 0. The third-order valence-electron chi connectivity index (χ3n) is 3.19. The number of hydrogen-bond donors (Lipinski definition) is 0. The molecule has 3 rings (SSSR count). The van der Waals surface area contributed by atoms with Gasteiger partial charge < -0.3 is 0 Å². The van der Waals surface area contributed by atoms with Crippen molar-refractivity contribution in [2.24, 2.45) is 0 Å². The molecule has 1 nitrogen and oxygen atoms in total. The van der Waals surface area contributed by atoms with Crippen LogP contribution in [0, 0.1) is 0 Å². The van der Waals surface area contributed by atoms with Gasteiger partial charge in [-0.05, 0) is 29.7 Å². The summed E-state index contributed by atoms with van der Waals surface area (Å²) in [5.74, 6) is 0. The molecule has 0 radical (unpaired) electrons. The van der Waals surface area contributed by atoms with Crippen molar-refractivity contribution < 1.29 is 0 Å². The summed E-state index contributed by atoms with van der Waals surface area (Å²) in [6, 6.07) is 16.6. The Kier molecular flexibility index (Phi) is 3.05. The predicted octanol–water partition coefficient (Wildman–Crippen LogP) is 4.04. The van der Waals surface area contributed by atoms with Crippen LogP contribution in [0.5, 0.6) is 0 Å². The van der Waals surface area contributed by atoms with Crippen molar-refractivity contribution in [3.05, 3.63) is 83.7 Å². The predicted molar refractivity (Wildman–Crippen MR) is 75.1 cm³/mol. The van der Waals surface area contributed by atoms with Gasteiger partial charge in [-0.15, -0.1) is 0 Å². The molecule has 0 atom stereocenters. The second kappa shape index (κ2) is 5.01. The number of rotatable bonds is 3. The molecule has 0 saturated heterocycles. The van der Waals surface area contributed by atoms with Crippen molar-refractivity contribution in [3.8, 4) is 0 Å². The molecule has 0 fully saturated rings. The first kappa shape index (κ1) is 11.0. The van der Waals surface area contributed by atoms with E-state index in [2.05, 4.69) is 53.5 Å². The molecule has 0 aliphatic heterocycles. The Morgan fingerprint density at radius 3 is 2.56 bits per heavy atom. The molecule has 0 spiro atoms. The summed E-state index contributed by atoms with van der Waals surface area (Å²) >= 11 is 0. The average Bonchev–Trinajstić information content (AvgIpc) is 2.89. The maximum atomic E-state index is 4.38. The average molecular weight is 233 g/mol. The van der Waals surface area contributed by atoms with Crippen LogP contribution in [0.3, 0.4) is 0 Å². The first-order valence-electron chi connectivity index (χ1n) is 6.27. The van der Waals surface area contributed by atoms with Gasteiger partial charge in [0.2, 0.25) is 0 Å². The third-order valence-corrected chi connectivity index (χ3v) is 3.19. The van der Waals surface area contributed by atoms with E-state index in [1.807, 2.05) is 18.3 Å². The van der Waals surface area contributed by atoms with E-state index in [-0.39, 0.29) is 0 Å². The Balaban J connectivity index is 1.75. The van der Waals surface area contributed by atoms with Crippen molar-refractivity contribution in [2.45, 2.75) is 12.8 Å². The van der Waals surface area contributed by atoms with E-state index in [9.17, 15) is 0 Å². The molecule has 1 aromatic heterocycles. The number of pyridine rings is 1. The van der Waals surface area contributed by atoms with Gasteiger partial charge in [0, 0.05) is 18.3 Å². The van der Waals surface area contributed by atoms with Gasteiger partial charge in [0.1, 0.15) is 0 Å². The quantitative estimate of drug-likeness (QED) is 0.779. The zero-order valence-electron chi connectivity index (χ0n) is 10.2. The van der Waals surface area contributed by atoms with Crippen molar-refractivity contribution >= 4 is 5.57 Å². The summed E-state index contributed by atoms with van der Waals surface area (Å²) in [6.07, 6.45) is 8.45. The molecule has 88 valence electrons. The lowest BCUT2D eigenvalue weighted by molar-refractivity contribution is 1.02. The molecule has 0 unspecified atom stereocenters. The highest BCUT2D eigenvalue weighted by molar-refractivity contribution is 5.77. The zero-order valence-corrected chi connectivity index (χ0v) is 10.2. The summed E-state index contributed by atoms with van der Waals surface area (Å²) in [5.41, 5.74) is 5.22. The Hall–Kier alpha value is -2.15. The van der Waals surface area contributed by atoms with E-state index in [4.69, 9.17) is 0 Å². The molecule has 1 heterocycles. The van der Waals surface area contributed by atoms with Crippen molar-refractivity contribution in [3.63, 3.8) is 0 Å². The van der Waals surface area contributed by atoms with Crippen LogP contribution >= 0.6 is 0 Å². The number of allylic oxidation sites excluding steroid dienone is 4. The fourth-order valence-electron chi connectivity index (χ4n) is 2.27. The van der Waals surface area contributed by atoms with Crippen LogP contribution < -0.4 is 0 Å². The van der Waals surface area contributed by atoms with Gasteiger partial charge in [0.05, 0.1) is 0 Å². The molecule has 0 saturated carbocycles. The van der Waals surface area contributed by atoms with Crippen LogP contribution in [0.15, 0.2) is 72.5 Å². The Bertz CT molecular complexity index is 580. The number of hydrogen-bond acceptors (Lipinski definition) is 1. The highest BCUT2D eigenvalue weighted by atomic mass is 14.7. The number of aromatic nitrogens is 1. The molecule has 0 bridgehead atoms. The maximum Gasteiger partial charge on any atom is 0.0444 e. The van der Waals surface area contributed by atoms with Gasteiger partial charge in [-0.1, -0.05) is 54.1 Å². The molecule has 0 amide bonds. The summed E-state index contributed by atoms with van der Waals surface area (Å²) in [6.45, 7) is 0. The minimum Gasteiger partial charge on any atom is -0.261 e. The molecule has 1 aliphatic rings. The fourth-order valence-corrected chi connectivity index (χ4v) is 2.27. The van der Waals surface area contributed by atoms with Crippen LogP contribution in [-0.4, -0.2) is 4.98 Å². The fraction of sp³-hybridized carbons (Fsp3) is 0.118. The largest absolute Gasteiger partial charge is 0.261 e. The number of benzene rings is 1. The minimum atomic E-state index is 0.952. The smallest absolute Gasteiger partial charge is 0.0444 e. The van der Waals surface area contributed by atoms with Gasteiger partial charge >= 0.3 is 0 Å². The Labute approximate surface area is 108 Å². The molecule has 18 heavy (non-hydrogen) atoms. The topological polar surface area (TPSA) is 12.9 Å². The van der Waals surface area contributed by atoms with E-state index in [0.717, 1.165) is 18.5 Å². The van der Waals surface area contributed by atoms with Crippen molar-refractivity contribution in [1.29, 1.82) is 0 Å².